The molecule has 1 aliphatic rings. The fourth-order valence-electron chi connectivity index (χ4n) is 2.42. The Morgan fingerprint density at radius 3 is 2.58 bits per heavy atom. The Bertz CT molecular complexity index is 424. The van der Waals surface area contributed by atoms with Gasteiger partial charge in [-0.15, -0.1) is 12.4 Å². The number of hydrogen-bond acceptors (Lipinski definition) is 2. The van der Waals surface area contributed by atoms with Crippen LogP contribution in [0.5, 0.6) is 0 Å². The van der Waals surface area contributed by atoms with E-state index < -0.39 is 0 Å². The maximum atomic E-state index is 12.8. The Morgan fingerprint density at radius 1 is 1.37 bits per heavy atom. The van der Waals surface area contributed by atoms with E-state index in [0.29, 0.717) is 6.04 Å². The van der Waals surface area contributed by atoms with E-state index in [1.165, 1.54) is 12.1 Å². The van der Waals surface area contributed by atoms with Crippen LogP contribution in [0.1, 0.15) is 19.8 Å². The number of amides is 1. The minimum Gasteiger partial charge on any atom is -0.315 e. The third-order valence-electron chi connectivity index (χ3n) is 3.52. The fourth-order valence-corrected chi connectivity index (χ4v) is 2.42. The maximum Gasteiger partial charge on any atom is 0.229 e. The Labute approximate surface area is 119 Å². The summed E-state index contributed by atoms with van der Waals surface area (Å²) in [5, 5.41) is 3.33. The molecule has 0 aliphatic carbocycles. The third kappa shape index (κ3) is 3.91. The molecule has 0 saturated carbocycles. The molecule has 1 saturated heterocycles. The van der Waals surface area contributed by atoms with Crippen LogP contribution in [0, 0.1) is 11.7 Å². The quantitative estimate of drug-likeness (QED) is 0.906. The molecule has 1 aromatic rings. The van der Waals surface area contributed by atoms with Crippen LogP contribution >= 0.6 is 12.4 Å². The van der Waals surface area contributed by atoms with Crippen molar-refractivity contribution in [2.45, 2.75) is 25.8 Å². The van der Waals surface area contributed by atoms with E-state index in [9.17, 15) is 9.18 Å². The number of carbonyl (C=O) groups is 1. The van der Waals surface area contributed by atoms with Gasteiger partial charge in [-0.3, -0.25) is 4.79 Å². The van der Waals surface area contributed by atoms with E-state index in [4.69, 9.17) is 0 Å². The van der Waals surface area contributed by atoms with Crippen molar-refractivity contribution < 1.29 is 9.18 Å². The van der Waals surface area contributed by atoms with E-state index in [0.717, 1.165) is 25.1 Å². The molecular weight excluding hydrogens is 267 g/mol. The summed E-state index contributed by atoms with van der Waals surface area (Å²) in [6, 6.07) is 6.42. The summed E-state index contributed by atoms with van der Waals surface area (Å²) in [6.07, 6.45) is 1.74. The first-order valence-electron chi connectivity index (χ1n) is 6.34. The zero-order valence-electron chi connectivity index (χ0n) is 11.2. The molecule has 1 N–H and O–H groups in total. The van der Waals surface area contributed by atoms with Gasteiger partial charge in [-0.25, -0.2) is 4.39 Å². The molecule has 3 nitrogen and oxygen atoms in total. The number of nitrogens with one attached hydrogen (secondary N) is 1. The molecule has 1 aromatic carbocycles. The fraction of sp³-hybridized carbons (Fsp3) is 0.500. The number of carbonyl (C=O) groups excluding carboxylic acids is 1. The monoisotopic (exact) mass is 286 g/mol. The summed E-state index contributed by atoms with van der Waals surface area (Å²) in [5.41, 5.74) is 0.743. The van der Waals surface area contributed by atoms with Gasteiger partial charge in [0, 0.05) is 24.7 Å². The lowest BCUT2D eigenvalue weighted by atomic mass is 9.92. The topological polar surface area (TPSA) is 32.3 Å². The van der Waals surface area contributed by atoms with Crippen molar-refractivity contribution in [1.29, 1.82) is 0 Å². The molecule has 106 valence electrons. The van der Waals surface area contributed by atoms with Gasteiger partial charge < -0.3 is 10.2 Å². The summed E-state index contributed by atoms with van der Waals surface area (Å²) >= 11 is 0. The van der Waals surface area contributed by atoms with Crippen molar-refractivity contribution in [3.63, 3.8) is 0 Å². The SMILES string of the molecule is C[C@H]1C[C@@H](C(=O)N(C)c2ccc(F)cc2)CCN1.Cl. The van der Waals surface area contributed by atoms with Crippen LogP contribution in [-0.2, 0) is 4.79 Å². The summed E-state index contributed by atoms with van der Waals surface area (Å²) in [5.74, 6) is -0.0960. The average molecular weight is 287 g/mol. The lowest BCUT2D eigenvalue weighted by molar-refractivity contribution is -0.123. The van der Waals surface area contributed by atoms with Crippen molar-refractivity contribution in [3.8, 4) is 0 Å². The summed E-state index contributed by atoms with van der Waals surface area (Å²) < 4.78 is 12.8. The first-order chi connectivity index (χ1) is 8.58. The maximum absolute atomic E-state index is 12.8. The standard InChI is InChI=1S/C14H19FN2O.ClH/c1-10-9-11(7-8-16-10)14(18)17(2)13-5-3-12(15)4-6-13;/h3-6,10-11,16H,7-9H2,1-2H3;1H/t10-,11-;/m0./s1. The summed E-state index contributed by atoms with van der Waals surface area (Å²) in [6.45, 7) is 2.98. The molecule has 5 heteroatoms. The van der Waals surface area contributed by atoms with Crippen LogP contribution < -0.4 is 10.2 Å². The lowest BCUT2D eigenvalue weighted by Crippen LogP contribution is -2.43. The smallest absolute Gasteiger partial charge is 0.229 e. The van der Waals surface area contributed by atoms with Gasteiger partial charge in [0.1, 0.15) is 5.82 Å². The normalized spacial score (nSPS) is 22.5. The van der Waals surface area contributed by atoms with Gasteiger partial charge in [0.2, 0.25) is 5.91 Å². The van der Waals surface area contributed by atoms with Crippen molar-refractivity contribution in [2.75, 3.05) is 18.5 Å². The van der Waals surface area contributed by atoms with Gasteiger partial charge in [0.25, 0.3) is 0 Å². The number of hydrogen-bond donors (Lipinski definition) is 1. The average Bonchev–Trinajstić information content (AvgIpc) is 2.38. The molecule has 0 bridgehead atoms. The number of nitrogens with zero attached hydrogens (tertiary/aromatic N) is 1. The second-order valence-corrected chi connectivity index (χ2v) is 4.95. The van der Waals surface area contributed by atoms with Crippen LogP contribution in [0.15, 0.2) is 24.3 Å². The Balaban J connectivity index is 0.00000180. The molecule has 1 aliphatic heterocycles. The molecule has 2 atom stereocenters. The number of benzene rings is 1. The van der Waals surface area contributed by atoms with E-state index in [1.807, 2.05) is 0 Å². The predicted octanol–water partition coefficient (Wildman–Crippen LogP) is 2.60. The van der Waals surface area contributed by atoms with E-state index in [1.54, 1.807) is 24.1 Å². The molecule has 0 radical (unpaired) electrons. The lowest BCUT2D eigenvalue weighted by Gasteiger charge is -2.30. The Kier molecular flexibility index (Phi) is 5.76. The van der Waals surface area contributed by atoms with Gasteiger partial charge in [-0.2, -0.15) is 0 Å². The Morgan fingerprint density at radius 2 is 2.00 bits per heavy atom. The third-order valence-corrected chi connectivity index (χ3v) is 3.52. The van der Waals surface area contributed by atoms with Crippen molar-refractivity contribution in [3.05, 3.63) is 30.1 Å². The molecule has 0 unspecified atom stereocenters. The van der Waals surface area contributed by atoms with Crippen LogP contribution in [0.4, 0.5) is 10.1 Å². The van der Waals surface area contributed by atoms with Crippen molar-refractivity contribution >= 4 is 24.0 Å². The molecule has 0 aromatic heterocycles. The highest BCUT2D eigenvalue weighted by Crippen LogP contribution is 2.22. The van der Waals surface area contributed by atoms with Crippen LogP contribution in [-0.4, -0.2) is 25.5 Å². The molecule has 19 heavy (non-hydrogen) atoms. The second kappa shape index (κ2) is 6.87. The molecule has 1 amide bonds. The number of rotatable bonds is 2. The van der Waals surface area contributed by atoms with Gasteiger partial charge >= 0.3 is 0 Å². The molecule has 2 rings (SSSR count). The number of anilines is 1. The van der Waals surface area contributed by atoms with Crippen LogP contribution in [0.2, 0.25) is 0 Å². The predicted molar refractivity (Wildman–Crippen MR) is 77.2 cm³/mol. The van der Waals surface area contributed by atoms with Gasteiger partial charge in [0.05, 0.1) is 0 Å². The minimum absolute atomic E-state index is 0. The van der Waals surface area contributed by atoms with E-state index in [2.05, 4.69) is 12.2 Å². The molecular formula is C14H20ClFN2O. The first-order valence-corrected chi connectivity index (χ1v) is 6.34. The Hall–Kier alpha value is -1.13. The van der Waals surface area contributed by atoms with Gasteiger partial charge in [0.15, 0.2) is 0 Å². The highest BCUT2D eigenvalue weighted by molar-refractivity contribution is 5.94. The number of halogens is 2. The van der Waals surface area contributed by atoms with Crippen molar-refractivity contribution in [2.24, 2.45) is 5.92 Å². The van der Waals surface area contributed by atoms with Gasteiger partial charge in [-0.1, -0.05) is 0 Å². The van der Waals surface area contributed by atoms with Crippen LogP contribution in [0.25, 0.3) is 0 Å². The van der Waals surface area contributed by atoms with E-state index >= 15 is 0 Å². The van der Waals surface area contributed by atoms with Crippen LogP contribution in [0.3, 0.4) is 0 Å². The zero-order chi connectivity index (χ0) is 13.1. The number of piperidine rings is 1. The van der Waals surface area contributed by atoms with Gasteiger partial charge in [-0.05, 0) is 50.6 Å². The minimum atomic E-state index is -0.282. The summed E-state index contributed by atoms with van der Waals surface area (Å²) in [7, 11) is 1.75. The molecule has 1 fully saturated rings. The van der Waals surface area contributed by atoms with Crippen molar-refractivity contribution in [1.82, 2.24) is 5.32 Å². The highest BCUT2D eigenvalue weighted by Gasteiger charge is 2.27. The zero-order valence-corrected chi connectivity index (χ0v) is 12.0. The molecule has 0 spiro atoms. The summed E-state index contributed by atoms with van der Waals surface area (Å²) in [4.78, 5) is 14.0. The van der Waals surface area contributed by atoms with E-state index in [-0.39, 0.29) is 30.0 Å². The molecule has 1 heterocycles. The highest BCUT2D eigenvalue weighted by atomic mass is 35.5. The second-order valence-electron chi connectivity index (χ2n) is 4.95. The largest absolute Gasteiger partial charge is 0.315 e. The first kappa shape index (κ1) is 15.9.